The highest BCUT2D eigenvalue weighted by Crippen LogP contribution is 2.30. The van der Waals surface area contributed by atoms with E-state index in [1.54, 1.807) is 20.8 Å². The average Bonchev–Trinajstić information content (AvgIpc) is 2.69. The monoisotopic (exact) mass is 273 g/mol. The van der Waals surface area contributed by atoms with Crippen LogP contribution in [0.25, 0.3) is 0 Å². The van der Waals surface area contributed by atoms with Gasteiger partial charge in [-0.1, -0.05) is 0 Å². The molecule has 0 saturated carbocycles. The molecule has 0 aromatic carbocycles. The minimum atomic E-state index is -1.29. The Balaban J connectivity index is 2.16. The van der Waals surface area contributed by atoms with E-state index in [9.17, 15) is 14.4 Å². The molecule has 2 fully saturated rings. The van der Waals surface area contributed by atoms with Gasteiger partial charge in [-0.25, -0.2) is 14.4 Å². The van der Waals surface area contributed by atoms with Crippen molar-refractivity contribution in [1.82, 2.24) is 4.90 Å². The summed E-state index contributed by atoms with van der Waals surface area (Å²) in [6.07, 6.45) is -3.43. The first kappa shape index (κ1) is 13.4. The van der Waals surface area contributed by atoms with Crippen molar-refractivity contribution >= 4 is 18.2 Å². The lowest BCUT2D eigenvalue weighted by molar-refractivity contribution is -0.144. The molecular formula is C11H15NO7. The van der Waals surface area contributed by atoms with Crippen molar-refractivity contribution in [3.63, 3.8) is 0 Å². The Hall–Kier alpha value is -1.99. The summed E-state index contributed by atoms with van der Waals surface area (Å²) in [5.41, 5.74) is -0.741. The number of likely N-dealkylation sites (tertiary alicyclic amines) is 1. The lowest BCUT2D eigenvalue weighted by Gasteiger charge is -2.27. The highest BCUT2D eigenvalue weighted by Gasteiger charge is 2.56. The zero-order valence-corrected chi connectivity index (χ0v) is 10.8. The van der Waals surface area contributed by atoms with E-state index >= 15 is 0 Å². The summed E-state index contributed by atoms with van der Waals surface area (Å²) in [5.74, 6) is -1.27. The molecule has 1 amide bonds. The van der Waals surface area contributed by atoms with Crippen molar-refractivity contribution in [3.8, 4) is 0 Å². The number of carboxylic acid groups (broad SMARTS) is 1. The maximum atomic E-state index is 11.9. The van der Waals surface area contributed by atoms with Gasteiger partial charge in [-0.3, -0.25) is 4.90 Å². The number of ether oxygens (including phenoxy) is 3. The highest BCUT2D eigenvalue weighted by atomic mass is 16.8. The van der Waals surface area contributed by atoms with Gasteiger partial charge in [0.25, 0.3) is 0 Å². The molecule has 8 heteroatoms. The van der Waals surface area contributed by atoms with E-state index in [1.165, 1.54) is 0 Å². The summed E-state index contributed by atoms with van der Waals surface area (Å²) in [5, 5.41) is 9.17. The van der Waals surface area contributed by atoms with Crippen LogP contribution in [0.2, 0.25) is 0 Å². The van der Waals surface area contributed by atoms with Gasteiger partial charge in [0.2, 0.25) is 0 Å². The van der Waals surface area contributed by atoms with Crippen LogP contribution in [0, 0.1) is 0 Å². The van der Waals surface area contributed by atoms with Crippen LogP contribution in [0.5, 0.6) is 0 Å². The zero-order chi connectivity index (χ0) is 14.4. The lowest BCUT2D eigenvalue weighted by atomic mass is 10.1. The fraction of sp³-hybridized carbons (Fsp3) is 0.727. The van der Waals surface area contributed by atoms with Gasteiger partial charge in [0.15, 0.2) is 18.2 Å². The fourth-order valence-corrected chi connectivity index (χ4v) is 2.08. The molecule has 2 heterocycles. The molecule has 0 spiro atoms. The van der Waals surface area contributed by atoms with Crippen LogP contribution >= 0.6 is 0 Å². The number of carbonyl (C=O) groups excluding carboxylic acids is 2. The van der Waals surface area contributed by atoms with Gasteiger partial charge < -0.3 is 19.3 Å². The molecule has 2 rings (SSSR count). The summed E-state index contributed by atoms with van der Waals surface area (Å²) in [6, 6.07) is -1.29. The molecule has 19 heavy (non-hydrogen) atoms. The molecule has 8 nitrogen and oxygen atoms in total. The van der Waals surface area contributed by atoms with Crippen molar-refractivity contribution in [2.24, 2.45) is 0 Å². The molecule has 2 aliphatic heterocycles. The molecule has 2 aliphatic rings. The molecule has 0 bridgehead atoms. The molecule has 3 unspecified atom stereocenters. The molecule has 0 aliphatic carbocycles. The van der Waals surface area contributed by atoms with Gasteiger partial charge in [-0.2, -0.15) is 0 Å². The molecular weight excluding hydrogens is 258 g/mol. The number of nitrogens with zero attached hydrogens (tertiary/aromatic N) is 1. The van der Waals surface area contributed by atoms with Crippen LogP contribution < -0.4 is 0 Å². The zero-order valence-electron chi connectivity index (χ0n) is 10.8. The number of carboxylic acids is 1. The molecule has 0 radical (unpaired) electrons. The number of amides is 1. The van der Waals surface area contributed by atoms with Crippen molar-refractivity contribution in [3.05, 3.63) is 0 Å². The third-order valence-corrected chi connectivity index (χ3v) is 2.75. The van der Waals surface area contributed by atoms with Crippen LogP contribution in [0.4, 0.5) is 9.59 Å². The van der Waals surface area contributed by atoms with Gasteiger partial charge in [-0.05, 0) is 20.8 Å². The fourth-order valence-electron chi connectivity index (χ4n) is 2.08. The first-order chi connectivity index (χ1) is 8.69. The number of carbonyl (C=O) groups is 3. The molecule has 106 valence electrons. The molecule has 3 atom stereocenters. The van der Waals surface area contributed by atoms with Crippen LogP contribution in [-0.2, 0) is 19.0 Å². The molecule has 0 aromatic rings. The van der Waals surface area contributed by atoms with Gasteiger partial charge in [0.05, 0.1) is 6.54 Å². The number of hydrogen-bond donors (Lipinski definition) is 1. The van der Waals surface area contributed by atoms with E-state index in [4.69, 9.17) is 19.3 Å². The minimum Gasteiger partial charge on any atom is -0.480 e. The standard InChI is InChI=1S/C11H15NO7/c1-11(2,3)19-9(15)12-4-5-7(6(12)8(13)14)18-10(16)17-5/h5-7H,4H2,1-3H3,(H,13,14). The molecule has 0 aromatic heterocycles. The first-order valence-electron chi connectivity index (χ1n) is 5.79. The Morgan fingerprint density at radius 1 is 1.37 bits per heavy atom. The Morgan fingerprint density at radius 3 is 2.53 bits per heavy atom. The summed E-state index contributed by atoms with van der Waals surface area (Å²) < 4.78 is 14.7. The van der Waals surface area contributed by atoms with Gasteiger partial charge in [-0.15, -0.1) is 0 Å². The van der Waals surface area contributed by atoms with E-state index in [2.05, 4.69) is 0 Å². The highest BCUT2D eigenvalue weighted by molar-refractivity contribution is 5.83. The second-order valence-electron chi connectivity index (χ2n) is 5.40. The minimum absolute atomic E-state index is 0.0533. The quantitative estimate of drug-likeness (QED) is 0.697. The van der Waals surface area contributed by atoms with Crippen molar-refractivity contribution in [2.75, 3.05) is 6.54 Å². The Morgan fingerprint density at radius 2 is 2.00 bits per heavy atom. The van der Waals surface area contributed by atoms with Crippen molar-refractivity contribution < 1.29 is 33.7 Å². The van der Waals surface area contributed by atoms with Gasteiger partial charge in [0.1, 0.15) is 5.60 Å². The predicted octanol–water partition coefficient (Wildman–Crippen LogP) is 0.594. The van der Waals surface area contributed by atoms with Crippen molar-refractivity contribution in [2.45, 2.75) is 44.6 Å². The largest absolute Gasteiger partial charge is 0.509 e. The normalized spacial score (nSPS) is 29.5. The van der Waals surface area contributed by atoms with Gasteiger partial charge in [0, 0.05) is 0 Å². The smallest absolute Gasteiger partial charge is 0.480 e. The Bertz CT molecular complexity index is 427. The number of fused-ring (bicyclic) bond motifs is 1. The maximum absolute atomic E-state index is 11.9. The van der Waals surface area contributed by atoms with E-state index in [0.717, 1.165) is 4.90 Å². The number of hydrogen-bond acceptors (Lipinski definition) is 6. The topological polar surface area (TPSA) is 102 Å². The SMILES string of the molecule is CC(C)(C)OC(=O)N1CC2OC(=O)OC2C1C(=O)O. The first-order valence-corrected chi connectivity index (χ1v) is 5.79. The van der Waals surface area contributed by atoms with Crippen LogP contribution in [0.15, 0.2) is 0 Å². The van der Waals surface area contributed by atoms with E-state index in [1.807, 2.05) is 0 Å². The third kappa shape index (κ3) is 2.56. The Labute approximate surface area is 109 Å². The maximum Gasteiger partial charge on any atom is 0.509 e. The average molecular weight is 273 g/mol. The second kappa shape index (κ2) is 4.29. The predicted molar refractivity (Wildman–Crippen MR) is 59.5 cm³/mol. The molecule has 1 N–H and O–H groups in total. The van der Waals surface area contributed by atoms with Crippen LogP contribution in [-0.4, -0.2) is 58.6 Å². The number of aliphatic carboxylic acids is 1. The number of rotatable bonds is 1. The summed E-state index contributed by atoms with van der Waals surface area (Å²) in [4.78, 5) is 35.1. The third-order valence-electron chi connectivity index (χ3n) is 2.75. The summed E-state index contributed by atoms with van der Waals surface area (Å²) in [6.45, 7) is 4.97. The van der Waals surface area contributed by atoms with Gasteiger partial charge >= 0.3 is 18.2 Å². The second-order valence-corrected chi connectivity index (χ2v) is 5.40. The summed E-state index contributed by atoms with van der Waals surface area (Å²) >= 11 is 0. The lowest BCUT2D eigenvalue weighted by Crippen LogP contribution is -2.47. The summed E-state index contributed by atoms with van der Waals surface area (Å²) in [7, 11) is 0. The van der Waals surface area contributed by atoms with E-state index in [-0.39, 0.29) is 6.54 Å². The van der Waals surface area contributed by atoms with Crippen LogP contribution in [0.1, 0.15) is 20.8 Å². The Kier molecular flexibility index (Phi) is 3.03. The van der Waals surface area contributed by atoms with E-state index in [0.29, 0.717) is 0 Å². The molecule has 2 saturated heterocycles. The van der Waals surface area contributed by atoms with E-state index < -0.39 is 42.1 Å². The van der Waals surface area contributed by atoms with Crippen LogP contribution in [0.3, 0.4) is 0 Å². The van der Waals surface area contributed by atoms with Crippen molar-refractivity contribution in [1.29, 1.82) is 0 Å².